The third kappa shape index (κ3) is 5.51. The van der Waals surface area contributed by atoms with E-state index in [-0.39, 0.29) is 17.6 Å². The van der Waals surface area contributed by atoms with Gasteiger partial charge in [0.1, 0.15) is 0 Å². The van der Waals surface area contributed by atoms with E-state index in [2.05, 4.69) is 15.6 Å². The molecule has 4 aromatic rings. The molecular formula is C25H23N3O3. The predicted octanol–water partition coefficient (Wildman–Crippen LogP) is 4.78. The molecule has 0 fully saturated rings. The number of rotatable bonds is 8. The lowest BCUT2D eigenvalue weighted by Crippen LogP contribution is -2.23. The van der Waals surface area contributed by atoms with Gasteiger partial charge >= 0.3 is 0 Å². The van der Waals surface area contributed by atoms with Crippen LogP contribution >= 0.6 is 0 Å². The molecule has 0 aliphatic rings. The molecule has 0 aliphatic carbocycles. The van der Waals surface area contributed by atoms with Crippen LogP contribution in [-0.2, 0) is 17.8 Å². The van der Waals surface area contributed by atoms with E-state index in [0.29, 0.717) is 25.1 Å². The molecule has 31 heavy (non-hydrogen) atoms. The Kier molecular flexibility index (Phi) is 6.28. The van der Waals surface area contributed by atoms with Gasteiger partial charge in [-0.25, -0.2) is 0 Å². The van der Waals surface area contributed by atoms with E-state index in [1.54, 1.807) is 18.2 Å². The number of hydrogen-bond acceptors (Lipinski definition) is 3. The zero-order valence-electron chi connectivity index (χ0n) is 16.9. The lowest BCUT2D eigenvalue weighted by molar-refractivity contribution is -0.121. The Balaban J connectivity index is 1.25. The van der Waals surface area contributed by atoms with E-state index in [9.17, 15) is 9.59 Å². The monoisotopic (exact) mass is 413 g/mol. The molecule has 2 amide bonds. The van der Waals surface area contributed by atoms with Crippen molar-refractivity contribution in [1.82, 2.24) is 10.3 Å². The minimum Gasteiger partial charge on any atom is -0.459 e. The van der Waals surface area contributed by atoms with Crippen molar-refractivity contribution in [3.05, 3.63) is 102 Å². The maximum absolute atomic E-state index is 12.3. The molecule has 0 unspecified atom stereocenters. The minimum absolute atomic E-state index is 0.0270. The van der Waals surface area contributed by atoms with Crippen LogP contribution in [0.2, 0.25) is 0 Å². The number of aromatic amines is 1. The fourth-order valence-corrected chi connectivity index (χ4v) is 3.27. The second-order valence-corrected chi connectivity index (χ2v) is 7.17. The summed E-state index contributed by atoms with van der Waals surface area (Å²) in [5, 5.41) is 5.72. The second kappa shape index (κ2) is 9.63. The van der Waals surface area contributed by atoms with Crippen molar-refractivity contribution in [3.63, 3.8) is 0 Å². The normalized spacial score (nSPS) is 10.6. The Hall–Kier alpha value is -4.06. The van der Waals surface area contributed by atoms with Gasteiger partial charge in [0.05, 0.1) is 6.26 Å². The van der Waals surface area contributed by atoms with Crippen LogP contribution in [-0.4, -0.2) is 16.8 Å². The van der Waals surface area contributed by atoms with Crippen LogP contribution < -0.4 is 10.6 Å². The number of aryl methyl sites for hydroxylation is 1. The third-order valence-electron chi connectivity index (χ3n) is 4.87. The van der Waals surface area contributed by atoms with Crippen LogP contribution in [0.25, 0.3) is 11.3 Å². The Labute approximate surface area is 180 Å². The standard InChI is InChI=1S/C25H23N3O3/c29-24(14-12-20-11-13-22(27-20)19-7-2-1-3-8-19)26-17-18-6-4-9-21(16-18)28-25(30)23-10-5-15-31-23/h1-11,13,15-16,27H,12,14,17H2,(H,26,29)(H,28,30). The number of H-pyrrole nitrogens is 1. The molecule has 0 atom stereocenters. The van der Waals surface area contributed by atoms with Gasteiger partial charge < -0.3 is 20.0 Å². The molecule has 2 heterocycles. The van der Waals surface area contributed by atoms with E-state index >= 15 is 0 Å². The second-order valence-electron chi connectivity index (χ2n) is 7.17. The molecule has 0 saturated carbocycles. The number of aromatic nitrogens is 1. The van der Waals surface area contributed by atoms with Crippen LogP contribution in [0.1, 0.15) is 28.2 Å². The number of hydrogen-bond donors (Lipinski definition) is 3. The van der Waals surface area contributed by atoms with E-state index in [1.165, 1.54) is 6.26 Å². The number of furan rings is 1. The Bertz CT molecular complexity index is 1150. The average Bonchev–Trinajstić information content (AvgIpc) is 3.50. The fraction of sp³-hybridized carbons (Fsp3) is 0.120. The molecule has 2 aromatic carbocycles. The van der Waals surface area contributed by atoms with E-state index in [1.807, 2.05) is 60.7 Å². The summed E-state index contributed by atoms with van der Waals surface area (Å²) in [5.41, 5.74) is 4.74. The van der Waals surface area contributed by atoms with Crippen molar-refractivity contribution >= 4 is 17.5 Å². The number of carbonyl (C=O) groups is 2. The molecule has 4 rings (SSSR count). The SMILES string of the molecule is O=C(CCc1ccc(-c2ccccc2)[nH]1)NCc1cccc(NC(=O)c2ccco2)c1. The van der Waals surface area contributed by atoms with Crippen molar-refractivity contribution in [2.75, 3.05) is 5.32 Å². The highest BCUT2D eigenvalue weighted by atomic mass is 16.3. The Morgan fingerprint density at radius 1 is 0.903 bits per heavy atom. The van der Waals surface area contributed by atoms with Crippen molar-refractivity contribution in [1.29, 1.82) is 0 Å². The van der Waals surface area contributed by atoms with Gasteiger partial charge in [0.15, 0.2) is 5.76 Å². The van der Waals surface area contributed by atoms with Gasteiger partial charge in [-0.1, -0.05) is 42.5 Å². The summed E-state index contributed by atoms with van der Waals surface area (Å²) in [6, 6.07) is 24.8. The first kappa shape index (κ1) is 20.2. The first-order chi connectivity index (χ1) is 15.2. The van der Waals surface area contributed by atoms with Crippen LogP contribution in [0.5, 0.6) is 0 Å². The molecule has 0 bridgehead atoms. The predicted molar refractivity (Wildman–Crippen MR) is 119 cm³/mol. The summed E-state index contributed by atoms with van der Waals surface area (Å²) < 4.78 is 5.10. The van der Waals surface area contributed by atoms with E-state index < -0.39 is 0 Å². The van der Waals surface area contributed by atoms with E-state index in [0.717, 1.165) is 22.5 Å². The highest BCUT2D eigenvalue weighted by Gasteiger charge is 2.09. The zero-order chi connectivity index (χ0) is 21.5. The van der Waals surface area contributed by atoms with Gasteiger partial charge in [0, 0.05) is 30.0 Å². The van der Waals surface area contributed by atoms with Crippen LogP contribution in [0.15, 0.2) is 89.5 Å². The van der Waals surface area contributed by atoms with Gasteiger partial charge in [0.2, 0.25) is 5.91 Å². The Morgan fingerprint density at radius 3 is 2.58 bits per heavy atom. The number of nitrogens with one attached hydrogen (secondary N) is 3. The highest BCUT2D eigenvalue weighted by molar-refractivity contribution is 6.02. The molecule has 0 aliphatic heterocycles. The maximum Gasteiger partial charge on any atom is 0.291 e. The quantitative estimate of drug-likeness (QED) is 0.389. The smallest absolute Gasteiger partial charge is 0.291 e. The number of anilines is 1. The maximum atomic E-state index is 12.3. The summed E-state index contributed by atoms with van der Waals surface area (Å²) in [6.45, 7) is 0.392. The first-order valence-corrected chi connectivity index (χ1v) is 10.1. The van der Waals surface area contributed by atoms with Crippen LogP contribution in [0.4, 0.5) is 5.69 Å². The molecule has 0 spiro atoms. The first-order valence-electron chi connectivity index (χ1n) is 10.1. The summed E-state index contributed by atoms with van der Waals surface area (Å²) >= 11 is 0. The van der Waals surface area contributed by atoms with Crippen molar-refractivity contribution < 1.29 is 14.0 Å². The molecular weight excluding hydrogens is 390 g/mol. The van der Waals surface area contributed by atoms with Gasteiger partial charge in [-0.05, 0) is 53.9 Å². The van der Waals surface area contributed by atoms with E-state index in [4.69, 9.17) is 4.42 Å². The fourth-order valence-electron chi connectivity index (χ4n) is 3.27. The molecule has 6 heteroatoms. The number of amides is 2. The molecule has 156 valence electrons. The largest absolute Gasteiger partial charge is 0.459 e. The number of benzene rings is 2. The van der Waals surface area contributed by atoms with Gasteiger partial charge in [-0.2, -0.15) is 0 Å². The van der Waals surface area contributed by atoms with Crippen molar-refractivity contribution in [2.24, 2.45) is 0 Å². The lowest BCUT2D eigenvalue weighted by Gasteiger charge is -2.08. The minimum atomic E-state index is -0.313. The van der Waals surface area contributed by atoms with Gasteiger partial charge in [-0.15, -0.1) is 0 Å². The Morgan fingerprint density at radius 2 is 1.77 bits per heavy atom. The van der Waals surface area contributed by atoms with Gasteiger partial charge in [0.25, 0.3) is 5.91 Å². The number of carbonyl (C=O) groups excluding carboxylic acids is 2. The topological polar surface area (TPSA) is 87.1 Å². The summed E-state index contributed by atoms with van der Waals surface area (Å²) in [6.07, 6.45) is 2.48. The molecule has 0 saturated heterocycles. The molecule has 3 N–H and O–H groups in total. The van der Waals surface area contributed by atoms with Crippen LogP contribution in [0, 0.1) is 0 Å². The molecule has 2 aromatic heterocycles. The third-order valence-corrected chi connectivity index (χ3v) is 4.87. The molecule has 6 nitrogen and oxygen atoms in total. The summed E-state index contributed by atoms with van der Waals surface area (Å²) in [5.74, 6) is -0.0914. The summed E-state index contributed by atoms with van der Waals surface area (Å²) in [4.78, 5) is 27.7. The average molecular weight is 413 g/mol. The summed E-state index contributed by atoms with van der Waals surface area (Å²) in [7, 11) is 0. The zero-order valence-corrected chi connectivity index (χ0v) is 16.9. The lowest BCUT2D eigenvalue weighted by atomic mass is 10.2. The molecule has 0 radical (unpaired) electrons. The highest BCUT2D eigenvalue weighted by Crippen LogP contribution is 2.18. The van der Waals surface area contributed by atoms with Crippen molar-refractivity contribution in [2.45, 2.75) is 19.4 Å². The van der Waals surface area contributed by atoms with Crippen LogP contribution in [0.3, 0.4) is 0 Å². The van der Waals surface area contributed by atoms with Crippen molar-refractivity contribution in [3.8, 4) is 11.3 Å². The van der Waals surface area contributed by atoms with Gasteiger partial charge in [-0.3, -0.25) is 9.59 Å².